The van der Waals surface area contributed by atoms with Crippen LogP contribution in [-0.2, 0) is 11.2 Å². The molecule has 0 amide bonds. The number of aryl methyl sites for hydroxylation is 1. The summed E-state index contributed by atoms with van der Waals surface area (Å²) >= 11 is 11.1. The molecule has 11 heteroatoms. The molecule has 1 aromatic carbocycles. The zero-order valence-electron chi connectivity index (χ0n) is 15.6. The second-order valence-corrected chi connectivity index (χ2v) is 9.04. The summed E-state index contributed by atoms with van der Waals surface area (Å²) in [7, 11) is 0. The SMILES string of the molecule is O=C(O)CCc1nc(Cl)c2sc(N3CCC(Oc4cc(F)ccc4Br)CC3)nc2n1. The minimum Gasteiger partial charge on any atom is -0.489 e. The van der Waals surface area contributed by atoms with Gasteiger partial charge in [-0.3, -0.25) is 4.79 Å². The normalized spacial score (nSPS) is 15.0. The van der Waals surface area contributed by atoms with Crippen molar-refractivity contribution in [1.29, 1.82) is 0 Å². The van der Waals surface area contributed by atoms with Crippen LogP contribution < -0.4 is 9.64 Å². The number of anilines is 1. The van der Waals surface area contributed by atoms with Crippen LogP contribution in [0.15, 0.2) is 22.7 Å². The van der Waals surface area contributed by atoms with Crippen molar-refractivity contribution in [1.82, 2.24) is 15.0 Å². The second kappa shape index (κ2) is 8.99. The lowest BCUT2D eigenvalue weighted by Gasteiger charge is -2.32. The molecule has 0 radical (unpaired) electrons. The van der Waals surface area contributed by atoms with E-state index in [9.17, 15) is 9.18 Å². The number of aromatic nitrogens is 3. The van der Waals surface area contributed by atoms with E-state index in [1.807, 2.05) is 0 Å². The zero-order chi connectivity index (χ0) is 21.3. The molecule has 0 spiro atoms. The zero-order valence-corrected chi connectivity index (χ0v) is 18.8. The van der Waals surface area contributed by atoms with Gasteiger partial charge in [-0.25, -0.2) is 14.4 Å². The smallest absolute Gasteiger partial charge is 0.303 e. The monoisotopic (exact) mass is 514 g/mol. The summed E-state index contributed by atoms with van der Waals surface area (Å²) in [5.41, 5.74) is 0.484. The Balaban J connectivity index is 1.43. The molecule has 4 rings (SSSR count). The number of carbonyl (C=O) groups is 1. The van der Waals surface area contributed by atoms with E-state index in [2.05, 4.69) is 35.8 Å². The van der Waals surface area contributed by atoms with Crippen molar-refractivity contribution in [2.75, 3.05) is 18.0 Å². The van der Waals surface area contributed by atoms with E-state index in [1.54, 1.807) is 6.07 Å². The lowest BCUT2D eigenvalue weighted by molar-refractivity contribution is -0.137. The van der Waals surface area contributed by atoms with E-state index in [0.29, 0.717) is 27.1 Å². The quantitative estimate of drug-likeness (QED) is 0.476. The third kappa shape index (κ3) is 4.81. The minimum atomic E-state index is -0.913. The number of rotatable bonds is 6. The molecule has 2 aromatic heterocycles. The van der Waals surface area contributed by atoms with Gasteiger partial charge < -0.3 is 14.7 Å². The van der Waals surface area contributed by atoms with Gasteiger partial charge in [-0.1, -0.05) is 22.9 Å². The maximum atomic E-state index is 13.5. The number of halogens is 3. The van der Waals surface area contributed by atoms with Gasteiger partial charge in [0.2, 0.25) is 0 Å². The first-order chi connectivity index (χ1) is 14.4. The average Bonchev–Trinajstić information content (AvgIpc) is 3.14. The molecule has 3 aromatic rings. The van der Waals surface area contributed by atoms with E-state index in [-0.39, 0.29) is 24.8 Å². The first kappa shape index (κ1) is 21.2. The van der Waals surface area contributed by atoms with Crippen LogP contribution >= 0.6 is 38.9 Å². The number of nitrogens with zero attached hydrogens (tertiary/aromatic N) is 4. The Bertz CT molecular complexity index is 1090. The van der Waals surface area contributed by atoms with Crippen molar-refractivity contribution >= 4 is 60.3 Å². The Morgan fingerprint density at radius 1 is 1.33 bits per heavy atom. The van der Waals surface area contributed by atoms with Crippen LogP contribution in [0.1, 0.15) is 25.1 Å². The maximum Gasteiger partial charge on any atom is 0.303 e. The van der Waals surface area contributed by atoms with Gasteiger partial charge in [0.25, 0.3) is 0 Å². The Hall–Kier alpha value is -2.04. The Labute approximate surface area is 189 Å². The Morgan fingerprint density at radius 2 is 2.10 bits per heavy atom. The highest BCUT2D eigenvalue weighted by atomic mass is 79.9. The van der Waals surface area contributed by atoms with E-state index in [4.69, 9.17) is 21.4 Å². The fraction of sp³-hybridized carbons (Fsp3) is 0.368. The molecule has 1 aliphatic rings. The lowest BCUT2D eigenvalue weighted by Crippen LogP contribution is -2.38. The van der Waals surface area contributed by atoms with Crippen LogP contribution in [0.2, 0.25) is 5.15 Å². The first-order valence-corrected chi connectivity index (χ1v) is 11.3. The molecule has 0 aliphatic carbocycles. The van der Waals surface area contributed by atoms with Crippen LogP contribution in [0.4, 0.5) is 9.52 Å². The standard InChI is InChI=1S/C19H17BrClFN4O3S/c20-12-2-1-10(22)9-13(12)29-11-5-7-26(8-6-11)19-25-18-16(30-19)17(21)23-14(24-18)3-4-15(27)28/h1-2,9,11H,3-8H2,(H,27,28). The second-order valence-electron chi connectivity index (χ2n) is 6.85. The van der Waals surface area contributed by atoms with E-state index in [1.165, 1.54) is 23.5 Å². The fourth-order valence-electron chi connectivity index (χ4n) is 3.20. The fourth-order valence-corrected chi connectivity index (χ4v) is 4.78. The number of piperidine rings is 1. The number of benzene rings is 1. The van der Waals surface area contributed by atoms with Crippen molar-refractivity contribution in [3.05, 3.63) is 39.5 Å². The number of hydrogen-bond donors (Lipinski definition) is 1. The molecule has 1 fully saturated rings. The predicted molar refractivity (Wildman–Crippen MR) is 116 cm³/mol. The molecular weight excluding hydrogens is 499 g/mol. The van der Waals surface area contributed by atoms with Gasteiger partial charge in [-0.15, -0.1) is 0 Å². The number of carboxylic acids is 1. The van der Waals surface area contributed by atoms with Crippen LogP contribution in [0, 0.1) is 5.82 Å². The van der Waals surface area contributed by atoms with Gasteiger partial charge in [0.15, 0.2) is 15.9 Å². The summed E-state index contributed by atoms with van der Waals surface area (Å²) in [5, 5.41) is 9.92. The van der Waals surface area contributed by atoms with Crippen LogP contribution in [0.25, 0.3) is 10.3 Å². The van der Waals surface area contributed by atoms with E-state index in [0.717, 1.165) is 35.5 Å². The van der Waals surface area contributed by atoms with Crippen LogP contribution in [-0.4, -0.2) is 45.2 Å². The molecule has 0 saturated carbocycles. The first-order valence-electron chi connectivity index (χ1n) is 9.30. The summed E-state index contributed by atoms with van der Waals surface area (Å²) in [4.78, 5) is 26.0. The van der Waals surface area contributed by atoms with Gasteiger partial charge in [0.1, 0.15) is 28.2 Å². The van der Waals surface area contributed by atoms with Crippen LogP contribution in [0.5, 0.6) is 5.75 Å². The topological polar surface area (TPSA) is 88.4 Å². The van der Waals surface area contributed by atoms with Gasteiger partial charge in [0, 0.05) is 38.4 Å². The summed E-state index contributed by atoms with van der Waals surface area (Å²) in [6, 6.07) is 4.40. The highest BCUT2D eigenvalue weighted by molar-refractivity contribution is 9.10. The molecule has 1 saturated heterocycles. The van der Waals surface area contributed by atoms with Gasteiger partial charge in [-0.2, -0.15) is 4.98 Å². The largest absolute Gasteiger partial charge is 0.489 e. The Morgan fingerprint density at radius 3 is 2.83 bits per heavy atom. The maximum absolute atomic E-state index is 13.5. The minimum absolute atomic E-state index is 0.0141. The average molecular weight is 516 g/mol. The number of fused-ring (bicyclic) bond motifs is 1. The summed E-state index contributed by atoms with van der Waals surface area (Å²) in [6.07, 6.45) is 1.66. The molecule has 3 heterocycles. The van der Waals surface area contributed by atoms with E-state index >= 15 is 0 Å². The molecule has 0 unspecified atom stereocenters. The molecule has 30 heavy (non-hydrogen) atoms. The van der Waals surface area contributed by atoms with Crippen molar-refractivity contribution < 1.29 is 19.0 Å². The number of hydrogen-bond acceptors (Lipinski definition) is 7. The van der Waals surface area contributed by atoms with Crippen molar-refractivity contribution in [2.45, 2.75) is 31.8 Å². The van der Waals surface area contributed by atoms with Gasteiger partial charge >= 0.3 is 5.97 Å². The number of aliphatic carboxylic acids is 1. The summed E-state index contributed by atoms with van der Waals surface area (Å²) in [6.45, 7) is 1.46. The predicted octanol–water partition coefficient (Wildman–Crippen LogP) is 4.71. The van der Waals surface area contributed by atoms with Crippen LogP contribution in [0.3, 0.4) is 0 Å². The van der Waals surface area contributed by atoms with Crippen molar-refractivity contribution in [3.63, 3.8) is 0 Å². The van der Waals surface area contributed by atoms with Gasteiger partial charge in [0.05, 0.1) is 10.9 Å². The highest BCUT2D eigenvalue weighted by Crippen LogP contribution is 2.34. The number of thiazole rings is 1. The number of carboxylic acid groups (broad SMARTS) is 1. The molecular formula is C19H17BrClFN4O3S. The molecule has 0 atom stereocenters. The van der Waals surface area contributed by atoms with Gasteiger partial charge in [-0.05, 0) is 28.1 Å². The van der Waals surface area contributed by atoms with Crippen molar-refractivity contribution in [2.24, 2.45) is 0 Å². The third-order valence-electron chi connectivity index (χ3n) is 4.71. The molecule has 1 N–H and O–H groups in total. The summed E-state index contributed by atoms with van der Waals surface area (Å²) in [5.74, 6) is -0.367. The third-order valence-corrected chi connectivity index (χ3v) is 6.86. The molecule has 0 bridgehead atoms. The molecule has 1 aliphatic heterocycles. The molecule has 158 valence electrons. The lowest BCUT2D eigenvalue weighted by atomic mass is 10.1. The Kier molecular flexibility index (Phi) is 6.35. The highest BCUT2D eigenvalue weighted by Gasteiger charge is 2.24. The summed E-state index contributed by atoms with van der Waals surface area (Å²) < 4.78 is 20.9. The molecule has 7 nitrogen and oxygen atoms in total. The van der Waals surface area contributed by atoms with E-state index < -0.39 is 5.97 Å². The van der Waals surface area contributed by atoms with Crippen molar-refractivity contribution in [3.8, 4) is 5.75 Å². The number of ether oxygens (including phenoxy) is 1.